The number of hydrogen-bond acceptors (Lipinski definition) is 4. The quantitative estimate of drug-likeness (QED) is 0.564. The number of carbonyl (C=O) groups is 2. The van der Waals surface area contributed by atoms with Gasteiger partial charge in [-0.2, -0.15) is 0 Å². The summed E-state index contributed by atoms with van der Waals surface area (Å²) in [5.74, 6) is -0.465. The van der Waals surface area contributed by atoms with Crippen LogP contribution in [0, 0.1) is 5.82 Å². The molecule has 2 amide bonds. The molecule has 162 valence electrons. The number of nitrogens with zero attached hydrogens (tertiary/aromatic N) is 2. The lowest BCUT2D eigenvalue weighted by molar-refractivity contribution is -0.111. The van der Waals surface area contributed by atoms with Crippen molar-refractivity contribution < 1.29 is 18.7 Å². The van der Waals surface area contributed by atoms with Crippen LogP contribution in [0.5, 0.6) is 11.5 Å². The predicted molar refractivity (Wildman–Crippen MR) is 120 cm³/mol. The fourth-order valence-electron chi connectivity index (χ4n) is 3.43. The highest BCUT2D eigenvalue weighted by Gasteiger charge is 2.19. The zero-order valence-corrected chi connectivity index (χ0v) is 17.3. The van der Waals surface area contributed by atoms with Crippen molar-refractivity contribution in [2.75, 3.05) is 18.4 Å². The van der Waals surface area contributed by atoms with Crippen LogP contribution in [-0.4, -0.2) is 34.8 Å². The maximum atomic E-state index is 14.3. The normalized spacial score (nSPS) is 13.3. The van der Waals surface area contributed by atoms with Crippen LogP contribution in [-0.2, 0) is 4.79 Å². The molecule has 0 spiro atoms. The summed E-state index contributed by atoms with van der Waals surface area (Å²) in [6.45, 7) is 1.53. The number of carbonyl (C=O) groups excluding carboxylic acids is 2. The molecular formula is C25H22FN3O3. The number of nitrogens with one attached hydrogen (secondary N) is 1. The van der Waals surface area contributed by atoms with Crippen LogP contribution >= 0.6 is 0 Å². The minimum Gasteiger partial charge on any atom is -0.453 e. The summed E-state index contributed by atoms with van der Waals surface area (Å²) in [7, 11) is 0. The van der Waals surface area contributed by atoms with E-state index in [0.29, 0.717) is 22.6 Å². The molecule has 0 atom stereocenters. The van der Waals surface area contributed by atoms with E-state index in [0.717, 1.165) is 25.9 Å². The summed E-state index contributed by atoms with van der Waals surface area (Å²) >= 11 is 0. The highest BCUT2D eigenvalue weighted by molar-refractivity contribution is 6.03. The minimum atomic E-state index is -0.551. The smallest absolute Gasteiger partial charge is 0.253 e. The highest BCUT2D eigenvalue weighted by Crippen LogP contribution is 2.25. The second-order valence-electron chi connectivity index (χ2n) is 7.38. The molecule has 4 rings (SSSR count). The van der Waals surface area contributed by atoms with Crippen molar-refractivity contribution >= 4 is 23.6 Å². The molecule has 1 aliphatic rings. The number of amides is 2. The molecule has 1 aromatic heterocycles. The summed E-state index contributed by atoms with van der Waals surface area (Å²) in [4.78, 5) is 30.6. The molecule has 1 fully saturated rings. The summed E-state index contributed by atoms with van der Waals surface area (Å²) < 4.78 is 19.8. The summed E-state index contributed by atoms with van der Waals surface area (Å²) in [6.07, 6.45) is 7.94. The van der Waals surface area contributed by atoms with Gasteiger partial charge < -0.3 is 15.0 Å². The van der Waals surface area contributed by atoms with Gasteiger partial charge in [0, 0.05) is 36.6 Å². The Hall–Kier alpha value is -4.00. The van der Waals surface area contributed by atoms with Crippen molar-refractivity contribution in [2.45, 2.75) is 12.8 Å². The third-order valence-corrected chi connectivity index (χ3v) is 5.02. The van der Waals surface area contributed by atoms with Crippen molar-refractivity contribution in [2.24, 2.45) is 0 Å². The molecule has 3 aromatic rings. The highest BCUT2D eigenvalue weighted by atomic mass is 19.1. The molecule has 2 heterocycles. The molecule has 1 aliphatic heterocycles. The lowest BCUT2D eigenvalue weighted by atomic mass is 10.1. The molecule has 0 aliphatic carbocycles. The molecule has 0 saturated carbocycles. The topological polar surface area (TPSA) is 71.5 Å². The summed E-state index contributed by atoms with van der Waals surface area (Å²) in [6, 6.07) is 14.7. The van der Waals surface area contributed by atoms with Gasteiger partial charge >= 0.3 is 0 Å². The van der Waals surface area contributed by atoms with Gasteiger partial charge in [0.1, 0.15) is 5.75 Å². The van der Waals surface area contributed by atoms with E-state index in [-0.39, 0.29) is 17.6 Å². The van der Waals surface area contributed by atoms with Crippen LogP contribution in [0.3, 0.4) is 0 Å². The van der Waals surface area contributed by atoms with E-state index in [1.807, 2.05) is 4.90 Å². The summed E-state index contributed by atoms with van der Waals surface area (Å²) in [5.41, 5.74) is 1.57. The third kappa shape index (κ3) is 5.37. The van der Waals surface area contributed by atoms with Crippen LogP contribution < -0.4 is 10.1 Å². The molecule has 0 unspecified atom stereocenters. The molecule has 32 heavy (non-hydrogen) atoms. The van der Waals surface area contributed by atoms with Crippen molar-refractivity contribution in [3.63, 3.8) is 0 Å². The third-order valence-electron chi connectivity index (χ3n) is 5.02. The van der Waals surface area contributed by atoms with Crippen molar-refractivity contribution in [1.82, 2.24) is 9.88 Å². The molecule has 1 N–H and O–H groups in total. The lowest BCUT2D eigenvalue weighted by Crippen LogP contribution is -2.27. The van der Waals surface area contributed by atoms with E-state index in [9.17, 15) is 14.0 Å². The number of hydrogen-bond donors (Lipinski definition) is 1. The number of benzene rings is 2. The molecule has 0 bridgehead atoms. The molecule has 1 saturated heterocycles. The van der Waals surface area contributed by atoms with E-state index in [2.05, 4.69) is 10.3 Å². The van der Waals surface area contributed by atoms with E-state index < -0.39 is 5.82 Å². The number of halogens is 1. The maximum absolute atomic E-state index is 14.3. The number of rotatable bonds is 6. The first-order chi connectivity index (χ1) is 15.6. The van der Waals surface area contributed by atoms with Gasteiger partial charge in [-0.15, -0.1) is 0 Å². The van der Waals surface area contributed by atoms with Gasteiger partial charge in [0.05, 0.1) is 6.20 Å². The average Bonchev–Trinajstić information content (AvgIpc) is 3.35. The molecule has 7 heteroatoms. The Bertz CT molecular complexity index is 1140. The van der Waals surface area contributed by atoms with Gasteiger partial charge in [-0.1, -0.05) is 12.1 Å². The number of ether oxygens (including phenoxy) is 1. The van der Waals surface area contributed by atoms with Crippen LogP contribution in [0.4, 0.5) is 10.1 Å². The number of aromatic nitrogens is 1. The zero-order chi connectivity index (χ0) is 22.3. The van der Waals surface area contributed by atoms with Gasteiger partial charge in [0.25, 0.3) is 5.91 Å². The molecule has 2 aromatic carbocycles. The maximum Gasteiger partial charge on any atom is 0.253 e. The Morgan fingerprint density at radius 2 is 1.91 bits per heavy atom. The first kappa shape index (κ1) is 21.2. The second-order valence-corrected chi connectivity index (χ2v) is 7.38. The zero-order valence-electron chi connectivity index (χ0n) is 17.3. The van der Waals surface area contributed by atoms with Crippen LogP contribution in [0.2, 0.25) is 0 Å². The number of likely N-dealkylation sites (tertiary alicyclic amines) is 1. The summed E-state index contributed by atoms with van der Waals surface area (Å²) in [5, 5.41) is 2.73. The first-order valence-electron chi connectivity index (χ1n) is 10.3. The fraction of sp³-hybridized carbons (Fsp3) is 0.160. The van der Waals surface area contributed by atoms with Gasteiger partial charge in [0.15, 0.2) is 11.6 Å². The van der Waals surface area contributed by atoms with E-state index in [1.165, 1.54) is 30.5 Å². The average molecular weight is 431 g/mol. The molecule has 6 nitrogen and oxygen atoms in total. The van der Waals surface area contributed by atoms with Crippen molar-refractivity contribution in [3.8, 4) is 11.5 Å². The SMILES string of the molecule is O=C(/C=C/c1ccc(Oc2cccnc2)c(F)c1)Nc1cccc(C(=O)N2CCCC2)c1. The van der Waals surface area contributed by atoms with Crippen LogP contribution in [0.1, 0.15) is 28.8 Å². The van der Waals surface area contributed by atoms with Gasteiger partial charge in [-0.25, -0.2) is 4.39 Å². The lowest BCUT2D eigenvalue weighted by Gasteiger charge is -2.15. The van der Waals surface area contributed by atoms with Crippen LogP contribution in [0.25, 0.3) is 6.08 Å². The molecule has 0 radical (unpaired) electrons. The Morgan fingerprint density at radius 3 is 2.66 bits per heavy atom. The van der Waals surface area contributed by atoms with E-state index >= 15 is 0 Å². The van der Waals surface area contributed by atoms with Crippen LogP contribution in [0.15, 0.2) is 73.1 Å². The number of anilines is 1. The number of pyridine rings is 1. The van der Waals surface area contributed by atoms with Gasteiger partial charge in [0.2, 0.25) is 5.91 Å². The van der Waals surface area contributed by atoms with Gasteiger partial charge in [-0.3, -0.25) is 14.6 Å². The van der Waals surface area contributed by atoms with Crippen molar-refractivity contribution in [3.05, 3.63) is 90.0 Å². The van der Waals surface area contributed by atoms with Crippen molar-refractivity contribution in [1.29, 1.82) is 0 Å². The fourth-order valence-corrected chi connectivity index (χ4v) is 3.43. The Morgan fingerprint density at radius 1 is 1.06 bits per heavy atom. The largest absolute Gasteiger partial charge is 0.453 e. The first-order valence-corrected chi connectivity index (χ1v) is 10.3. The minimum absolute atomic E-state index is 0.0294. The van der Waals surface area contributed by atoms with E-state index in [1.54, 1.807) is 48.7 Å². The van der Waals surface area contributed by atoms with E-state index in [4.69, 9.17) is 4.74 Å². The predicted octanol–water partition coefficient (Wildman–Crippen LogP) is 4.90. The monoisotopic (exact) mass is 431 g/mol. The van der Waals surface area contributed by atoms with Gasteiger partial charge in [-0.05, 0) is 66.9 Å². The second kappa shape index (κ2) is 9.87. The Balaban J connectivity index is 1.38. The molecular weight excluding hydrogens is 409 g/mol. The Labute approximate surface area is 185 Å². The Kier molecular flexibility index (Phi) is 6.55. The standard InChI is InChI=1S/C25H22FN3O3/c26-22-15-18(8-10-23(22)32-21-7-4-12-27-17-21)9-11-24(30)28-20-6-3-5-19(16-20)25(31)29-13-1-2-14-29/h3-12,15-17H,1-2,13-14H2,(H,28,30)/b11-9+.